The van der Waals surface area contributed by atoms with Gasteiger partial charge in [0.15, 0.2) is 0 Å². The van der Waals surface area contributed by atoms with Crippen LogP contribution in [0.25, 0.3) is 0 Å². The number of nitrogens with zero attached hydrogens (tertiary/aromatic N) is 1. The number of methoxy groups -OCH3 is 1. The van der Waals surface area contributed by atoms with Crippen LogP contribution >= 0.6 is 0 Å². The van der Waals surface area contributed by atoms with Gasteiger partial charge in [-0.2, -0.15) is 0 Å². The normalized spacial score (nSPS) is 11.0. The molecule has 0 radical (unpaired) electrons. The Morgan fingerprint density at radius 3 is 1.72 bits per heavy atom. The summed E-state index contributed by atoms with van der Waals surface area (Å²) in [4.78, 5) is 13.1. The Morgan fingerprint density at radius 2 is 1.24 bits per heavy atom. The number of carbonyl (C=O) groups is 1. The largest absolute Gasteiger partial charge is 0.469 e. The van der Waals surface area contributed by atoms with Crippen LogP contribution in [-0.2, 0) is 9.53 Å². The van der Waals surface area contributed by atoms with Crippen LogP contribution in [0.3, 0.4) is 0 Å². The summed E-state index contributed by atoms with van der Waals surface area (Å²) in [7, 11) is 5.60. The van der Waals surface area contributed by atoms with Crippen LogP contribution in [0, 0.1) is 0 Å². The number of carbonyl (C=O) groups excluding carboxylic acids is 1. The molecule has 0 aliphatic carbocycles. The topological polar surface area (TPSA) is 29.5 Å². The van der Waals surface area contributed by atoms with E-state index in [9.17, 15) is 4.79 Å². The van der Waals surface area contributed by atoms with Gasteiger partial charge in [0.05, 0.1) is 7.11 Å². The number of unbranched alkanes of at least 4 members (excludes halogenated alkanes) is 10. The number of esters is 1. The second-order valence-electron chi connectivity index (χ2n) is 7.12. The van der Waals surface area contributed by atoms with Crippen LogP contribution in [0.2, 0.25) is 0 Å². The summed E-state index contributed by atoms with van der Waals surface area (Å²) in [6.45, 7) is 4.07. The number of ether oxygens (including phenoxy) is 1. The highest BCUT2D eigenvalue weighted by molar-refractivity contribution is 5.68. The Bertz CT molecular complexity index is 361. The van der Waals surface area contributed by atoms with Gasteiger partial charge in [-0.25, -0.2) is 0 Å². The smallest absolute Gasteiger partial charge is 0.305 e. The van der Waals surface area contributed by atoms with Gasteiger partial charge in [0.2, 0.25) is 0 Å². The lowest BCUT2D eigenvalue weighted by molar-refractivity contribution is -0.140. The van der Waals surface area contributed by atoms with E-state index in [1.807, 2.05) is 0 Å². The molecule has 3 nitrogen and oxygen atoms in total. The zero-order valence-electron chi connectivity index (χ0n) is 17.0. The van der Waals surface area contributed by atoms with Crippen LogP contribution in [0.4, 0.5) is 0 Å². The van der Waals surface area contributed by atoms with E-state index in [1.165, 1.54) is 77.0 Å². The number of allylic oxidation sites excluding steroid dienone is 3. The molecule has 0 N–H and O–H groups in total. The highest BCUT2D eigenvalue weighted by Crippen LogP contribution is 2.12. The predicted molar refractivity (Wildman–Crippen MR) is 109 cm³/mol. The molecule has 0 aliphatic rings. The fourth-order valence-corrected chi connectivity index (χ4v) is 2.74. The molecule has 0 unspecified atom stereocenters. The van der Waals surface area contributed by atoms with Gasteiger partial charge in [-0.3, -0.25) is 4.79 Å². The summed E-state index contributed by atoms with van der Waals surface area (Å²) in [5.41, 5.74) is 1.24. The molecule has 0 fully saturated rings. The molecule has 0 bridgehead atoms. The Labute approximate surface area is 156 Å². The van der Waals surface area contributed by atoms with Gasteiger partial charge in [0.1, 0.15) is 0 Å². The van der Waals surface area contributed by atoms with Crippen LogP contribution in [-0.4, -0.2) is 32.1 Å². The monoisotopic (exact) mass is 351 g/mol. The van der Waals surface area contributed by atoms with E-state index in [4.69, 9.17) is 0 Å². The molecule has 0 atom stereocenters. The molecule has 0 spiro atoms. The molecule has 0 rings (SSSR count). The fourth-order valence-electron chi connectivity index (χ4n) is 2.74. The molecule has 0 aromatic heterocycles. The summed E-state index contributed by atoms with van der Waals surface area (Å²) in [6.07, 6.45) is 21.3. The molecular weight excluding hydrogens is 310 g/mol. The van der Waals surface area contributed by atoms with Gasteiger partial charge < -0.3 is 9.64 Å². The molecule has 0 saturated heterocycles. The zero-order valence-corrected chi connectivity index (χ0v) is 17.0. The summed E-state index contributed by atoms with van der Waals surface area (Å²) in [5.74, 6) is -0.0815. The van der Waals surface area contributed by atoms with Gasteiger partial charge in [0.25, 0.3) is 0 Å². The SMILES string of the molecule is C=C(CCCCCCC/C=C/CCCCCCCC(=O)OC)N(C)C. The zero-order chi connectivity index (χ0) is 18.8. The molecule has 0 heterocycles. The van der Waals surface area contributed by atoms with Gasteiger partial charge in [-0.05, 0) is 44.9 Å². The fraction of sp³-hybridized carbons (Fsp3) is 0.773. The number of hydrogen-bond acceptors (Lipinski definition) is 3. The Balaban J connectivity index is 3.21. The molecule has 0 aromatic rings. The van der Waals surface area contributed by atoms with Crippen molar-refractivity contribution in [1.29, 1.82) is 0 Å². The third-order valence-electron chi connectivity index (χ3n) is 4.61. The minimum absolute atomic E-state index is 0.0815. The van der Waals surface area contributed by atoms with E-state index in [0.717, 1.165) is 19.3 Å². The van der Waals surface area contributed by atoms with Crippen LogP contribution in [0.5, 0.6) is 0 Å². The van der Waals surface area contributed by atoms with Crippen molar-refractivity contribution in [1.82, 2.24) is 4.90 Å². The second kappa shape index (κ2) is 17.6. The third-order valence-corrected chi connectivity index (χ3v) is 4.61. The van der Waals surface area contributed by atoms with E-state index in [-0.39, 0.29) is 5.97 Å². The summed E-state index contributed by atoms with van der Waals surface area (Å²) < 4.78 is 4.63. The molecule has 0 saturated carbocycles. The minimum Gasteiger partial charge on any atom is -0.469 e. The molecule has 146 valence electrons. The quantitative estimate of drug-likeness (QED) is 0.176. The summed E-state index contributed by atoms with van der Waals surface area (Å²) in [5, 5.41) is 0. The van der Waals surface area contributed by atoms with Gasteiger partial charge in [-0.15, -0.1) is 0 Å². The molecular formula is C22H41NO2. The molecule has 0 aromatic carbocycles. The minimum atomic E-state index is -0.0815. The van der Waals surface area contributed by atoms with E-state index in [2.05, 4.69) is 42.5 Å². The van der Waals surface area contributed by atoms with Gasteiger partial charge in [-0.1, -0.05) is 57.3 Å². The van der Waals surface area contributed by atoms with E-state index < -0.39 is 0 Å². The first kappa shape index (κ1) is 23.8. The third kappa shape index (κ3) is 17.4. The standard InChI is InChI=1S/C22H41NO2/c1-21(23(2)3)19-17-15-13-11-9-7-5-6-8-10-12-14-16-18-20-22(24)25-4/h5-6H,1,7-20H2,2-4H3/b6-5+. The molecule has 0 aliphatic heterocycles. The lowest BCUT2D eigenvalue weighted by Gasteiger charge is -2.15. The molecule has 3 heteroatoms. The first-order valence-electron chi connectivity index (χ1n) is 10.1. The first-order chi connectivity index (χ1) is 12.1. The van der Waals surface area contributed by atoms with Crippen molar-refractivity contribution in [2.75, 3.05) is 21.2 Å². The van der Waals surface area contributed by atoms with Crippen LogP contribution < -0.4 is 0 Å². The van der Waals surface area contributed by atoms with Crippen molar-refractivity contribution in [3.8, 4) is 0 Å². The molecule has 0 amide bonds. The van der Waals surface area contributed by atoms with Crippen molar-refractivity contribution in [3.05, 3.63) is 24.4 Å². The summed E-state index contributed by atoms with van der Waals surface area (Å²) in [6, 6.07) is 0. The summed E-state index contributed by atoms with van der Waals surface area (Å²) >= 11 is 0. The first-order valence-corrected chi connectivity index (χ1v) is 10.1. The van der Waals surface area contributed by atoms with Crippen molar-refractivity contribution in [3.63, 3.8) is 0 Å². The van der Waals surface area contributed by atoms with Crippen LogP contribution in [0.15, 0.2) is 24.4 Å². The highest BCUT2D eigenvalue weighted by Gasteiger charge is 1.99. The lowest BCUT2D eigenvalue weighted by Crippen LogP contribution is -2.09. The van der Waals surface area contributed by atoms with Crippen molar-refractivity contribution < 1.29 is 9.53 Å². The maximum Gasteiger partial charge on any atom is 0.305 e. The average Bonchev–Trinajstić information content (AvgIpc) is 2.60. The Morgan fingerprint density at radius 1 is 0.800 bits per heavy atom. The lowest BCUT2D eigenvalue weighted by atomic mass is 10.1. The van der Waals surface area contributed by atoms with Gasteiger partial charge >= 0.3 is 5.97 Å². The number of hydrogen-bond donors (Lipinski definition) is 0. The Kier molecular flexibility index (Phi) is 16.7. The van der Waals surface area contributed by atoms with E-state index in [0.29, 0.717) is 6.42 Å². The Hall–Kier alpha value is -1.25. The number of rotatable bonds is 17. The van der Waals surface area contributed by atoms with Crippen molar-refractivity contribution in [2.45, 2.75) is 89.9 Å². The van der Waals surface area contributed by atoms with Gasteiger partial charge in [0, 0.05) is 26.2 Å². The molecule has 25 heavy (non-hydrogen) atoms. The van der Waals surface area contributed by atoms with Crippen molar-refractivity contribution in [2.24, 2.45) is 0 Å². The predicted octanol–water partition coefficient (Wildman–Crippen LogP) is 6.25. The maximum absolute atomic E-state index is 11.0. The second-order valence-corrected chi connectivity index (χ2v) is 7.12. The van der Waals surface area contributed by atoms with Crippen LogP contribution in [0.1, 0.15) is 89.9 Å². The van der Waals surface area contributed by atoms with E-state index >= 15 is 0 Å². The van der Waals surface area contributed by atoms with E-state index in [1.54, 1.807) is 0 Å². The average molecular weight is 352 g/mol. The maximum atomic E-state index is 11.0. The van der Waals surface area contributed by atoms with Crippen molar-refractivity contribution >= 4 is 5.97 Å². The highest BCUT2D eigenvalue weighted by atomic mass is 16.5.